The summed E-state index contributed by atoms with van der Waals surface area (Å²) in [5.41, 5.74) is 3.61. The summed E-state index contributed by atoms with van der Waals surface area (Å²) in [6.07, 6.45) is 1.46. The normalized spacial score (nSPS) is 26.9. The fourth-order valence-electron chi connectivity index (χ4n) is 3.89. The van der Waals surface area contributed by atoms with E-state index in [9.17, 15) is 9.18 Å². The van der Waals surface area contributed by atoms with Crippen molar-refractivity contribution in [1.29, 1.82) is 0 Å². The van der Waals surface area contributed by atoms with Gasteiger partial charge < -0.3 is 5.32 Å². The van der Waals surface area contributed by atoms with E-state index in [-0.39, 0.29) is 23.7 Å². The number of hydrogen-bond acceptors (Lipinski definition) is 1. The Morgan fingerprint density at radius 1 is 1.00 bits per heavy atom. The van der Waals surface area contributed by atoms with Crippen molar-refractivity contribution in [3.63, 3.8) is 0 Å². The molecule has 0 spiro atoms. The molecule has 1 heterocycles. The second-order valence-electron chi connectivity index (χ2n) is 5.91. The number of hydrogen-bond donors (Lipinski definition) is 1. The predicted molar refractivity (Wildman–Crippen MR) is 78.3 cm³/mol. The molecule has 2 aliphatic rings. The zero-order valence-electron chi connectivity index (χ0n) is 11.6. The van der Waals surface area contributed by atoms with E-state index < -0.39 is 0 Å². The van der Waals surface area contributed by atoms with Gasteiger partial charge in [0.2, 0.25) is 5.91 Å². The third kappa shape index (κ3) is 1.96. The Bertz CT molecular complexity index is 695. The monoisotopic (exact) mass is 281 g/mol. The molecule has 2 nitrogen and oxygen atoms in total. The van der Waals surface area contributed by atoms with Gasteiger partial charge in [0.05, 0.1) is 6.04 Å². The van der Waals surface area contributed by atoms with Crippen molar-refractivity contribution < 1.29 is 9.18 Å². The third-order valence-electron chi connectivity index (χ3n) is 4.77. The Hall–Kier alpha value is -2.16. The molecular weight excluding hydrogens is 265 g/mol. The first-order valence-electron chi connectivity index (χ1n) is 7.37. The molecule has 1 aliphatic carbocycles. The second kappa shape index (κ2) is 4.69. The fraction of sp³-hybridized carbons (Fsp3) is 0.278. The van der Waals surface area contributed by atoms with Crippen molar-refractivity contribution in [2.75, 3.05) is 0 Å². The molecule has 0 saturated carbocycles. The molecule has 1 aliphatic heterocycles. The summed E-state index contributed by atoms with van der Waals surface area (Å²) in [7, 11) is 0. The summed E-state index contributed by atoms with van der Waals surface area (Å²) in [5, 5.41) is 3.13. The minimum Gasteiger partial charge on any atom is -0.349 e. The number of carbonyl (C=O) groups is 1. The van der Waals surface area contributed by atoms with Crippen LogP contribution < -0.4 is 5.32 Å². The highest BCUT2D eigenvalue weighted by atomic mass is 19.1. The summed E-state index contributed by atoms with van der Waals surface area (Å²) in [4.78, 5) is 11.7. The molecule has 0 unspecified atom stereocenters. The Labute approximate surface area is 123 Å². The van der Waals surface area contributed by atoms with Crippen molar-refractivity contribution in [3.05, 3.63) is 71.0 Å². The second-order valence-corrected chi connectivity index (χ2v) is 5.91. The Balaban J connectivity index is 1.83. The van der Waals surface area contributed by atoms with Crippen LogP contribution in [-0.4, -0.2) is 5.91 Å². The average Bonchev–Trinajstić information content (AvgIpc) is 2.82. The number of nitrogens with one attached hydrogen (secondary N) is 1. The van der Waals surface area contributed by atoms with E-state index >= 15 is 0 Å². The van der Waals surface area contributed by atoms with E-state index in [4.69, 9.17) is 0 Å². The quantitative estimate of drug-likeness (QED) is 0.851. The van der Waals surface area contributed by atoms with Gasteiger partial charge in [-0.05, 0) is 41.2 Å². The Kier molecular flexibility index (Phi) is 2.81. The van der Waals surface area contributed by atoms with E-state index in [1.165, 1.54) is 23.3 Å². The summed E-state index contributed by atoms with van der Waals surface area (Å²) in [5.74, 6) is 0.530. The van der Waals surface area contributed by atoms with Gasteiger partial charge in [-0.25, -0.2) is 4.39 Å². The highest BCUT2D eigenvalue weighted by Gasteiger charge is 2.43. The van der Waals surface area contributed by atoms with Gasteiger partial charge in [-0.15, -0.1) is 0 Å². The van der Waals surface area contributed by atoms with Crippen molar-refractivity contribution in [2.24, 2.45) is 5.92 Å². The largest absolute Gasteiger partial charge is 0.349 e. The van der Waals surface area contributed by atoms with Crippen LogP contribution in [0.1, 0.15) is 41.5 Å². The summed E-state index contributed by atoms with van der Waals surface area (Å²) in [6.45, 7) is 0. The highest BCUT2D eigenvalue weighted by Crippen LogP contribution is 2.51. The first kappa shape index (κ1) is 12.6. The fourth-order valence-corrected chi connectivity index (χ4v) is 3.89. The number of fused-ring (bicyclic) bond motifs is 3. The first-order chi connectivity index (χ1) is 10.2. The van der Waals surface area contributed by atoms with Gasteiger partial charge >= 0.3 is 0 Å². The van der Waals surface area contributed by atoms with E-state index in [0.717, 1.165) is 12.0 Å². The summed E-state index contributed by atoms with van der Waals surface area (Å²) in [6, 6.07) is 15.2. The van der Waals surface area contributed by atoms with E-state index in [1.807, 2.05) is 24.3 Å². The van der Waals surface area contributed by atoms with Gasteiger partial charge in [0.25, 0.3) is 0 Å². The van der Waals surface area contributed by atoms with Crippen molar-refractivity contribution >= 4 is 5.91 Å². The summed E-state index contributed by atoms with van der Waals surface area (Å²) < 4.78 is 13.2. The molecule has 0 radical (unpaired) electrons. The lowest BCUT2D eigenvalue weighted by Gasteiger charge is -2.30. The molecule has 2 aromatic carbocycles. The Morgan fingerprint density at radius 3 is 2.48 bits per heavy atom. The van der Waals surface area contributed by atoms with Crippen LogP contribution in [-0.2, 0) is 4.79 Å². The van der Waals surface area contributed by atoms with Crippen molar-refractivity contribution in [3.8, 4) is 0 Å². The maximum atomic E-state index is 13.2. The predicted octanol–water partition coefficient (Wildman–Crippen LogP) is 3.54. The molecular formula is C18H16FNO. The number of benzene rings is 2. The highest BCUT2D eigenvalue weighted by molar-refractivity contribution is 5.78. The minimum atomic E-state index is -0.210. The van der Waals surface area contributed by atoms with Crippen LogP contribution in [0.15, 0.2) is 48.5 Å². The lowest BCUT2D eigenvalue weighted by atomic mass is 9.80. The topological polar surface area (TPSA) is 29.1 Å². The number of rotatable bonds is 1. The molecule has 1 N–H and O–H groups in total. The maximum Gasteiger partial charge on any atom is 0.220 e. The molecule has 0 aromatic heterocycles. The molecule has 1 amide bonds. The zero-order valence-corrected chi connectivity index (χ0v) is 11.6. The molecule has 4 rings (SSSR count). The lowest BCUT2D eigenvalue weighted by Crippen LogP contribution is -2.37. The number of amides is 1. The van der Waals surface area contributed by atoms with Gasteiger partial charge in [0, 0.05) is 12.3 Å². The third-order valence-corrected chi connectivity index (χ3v) is 4.77. The van der Waals surface area contributed by atoms with Crippen LogP contribution in [0.3, 0.4) is 0 Å². The van der Waals surface area contributed by atoms with E-state index in [2.05, 4.69) is 17.4 Å². The maximum absolute atomic E-state index is 13.2. The van der Waals surface area contributed by atoms with Gasteiger partial charge in [-0.3, -0.25) is 4.79 Å². The number of halogens is 1. The molecule has 2 aromatic rings. The molecule has 21 heavy (non-hydrogen) atoms. The Morgan fingerprint density at radius 2 is 1.71 bits per heavy atom. The molecule has 106 valence electrons. The standard InChI is InChI=1S/C18H16FNO/c19-12-7-5-11(6-8-12)17-13-3-1-2-4-14(13)18-15(17)9-10-16(21)20-18/h1-8,15,17-18H,9-10H2,(H,20,21)/t15-,17-,18+/m0/s1. The molecule has 3 heteroatoms. The molecule has 3 atom stereocenters. The molecule has 1 saturated heterocycles. The summed E-state index contributed by atoms with van der Waals surface area (Å²) >= 11 is 0. The van der Waals surface area contributed by atoms with Crippen molar-refractivity contribution in [1.82, 2.24) is 5.32 Å². The van der Waals surface area contributed by atoms with Gasteiger partial charge in [0.15, 0.2) is 0 Å². The lowest BCUT2D eigenvalue weighted by molar-refractivity contribution is -0.124. The number of carbonyl (C=O) groups excluding carboxylic acids is 1. The average molecular weight is 281 g/mol. The van der Waals surface area contributed by atoms with Gasteiger partial charge in [-0.1, -0.05) is 36.4 Å². The van der Waals surface area contributed by atoms with Crippen LogP contribution in [0.5, 0.6) is 0 Å². The molecule has 0 bridgehead atoms. The zero-order chi connectivity index (χ0) is 14.4. The SMILES string of the molecule is O=C1CC[C@H]2[C@@H](c3ccc(F)cc3)c3ccccc3[C@H]2N1. The van der Waals surface area contributed by atoms with Crippen molar-refractivity contribution in [2.45, 2.75) is 24.8 Å². The molecule has 1 fully saturated rings. The van der Waals surface area contributed by atoms with Crippen LogP contribution in [0.25, 0.3) is 0 Å². The van der Waals surface area contributed by atoms with Gasteiger partial charge in [0.1, 0.15) is 5.82 Å². The van der Waals surface area contributed by atoms with Crippen LogP contribution in [0.2, 0.25) is 0 Å². The van der Waals surface area contributed by atoms with Crippen LogP contribution in [0.4, 0.5) is 4.39 Å². The van der Waals surface area contributed by atoms with E-state index in [0.29, 0.717) is 12.3 Å². The first-order valence-corrected chi connectivity index (χ1v) is 7.37. The minimum absolute atomic E-state index is 0.0949. The van der Waals surface area contributed by atoms with Crippen LogP contribution >= 0.6 is 0 Å². The smallest absolute Gasteiger partial charge is 0.220 e. The van der Waals surface area contributed by atoms with E-state index in [1.54, 1.807) is 0 Å². The van der Waals surface area contributed by atoms with Crippen LogP contribution in [0, 0.1) is 11.7 Å². The van der Waals surface area contributed by atoms with Gasteiger partial charge in [-0.2, -0.15) is 0 Å². The number of piperidine rings is 1.